The molecule has 21 heavy (non-hydrogen) atoms. The van der Waals surface area contributed by atoms with Gasteiger partial charge in [0.1, 0.15) is 0 Å². The zero-order chi connectivity index (χ0) is 14.2. The van der Waals surface area contributed by atoms with E-state index < -0.39 is 0 Å². The van der Waals surface area contributed by atoms with Gasteiger partial charge in [0.2, 0.25) is 0 Å². The largest absolute Gasteiger partial charge is 0.377 e. The second-order valence-corrected chi connectivity index (χ2v) is 7.11. The number of benzene rings is 1. The molecule has 4 rings (SSSR count). The van der Waals surface area contributed by atoms with Crippen LogP contribution in [0.3, 0.4) is 0 Å². The van der Waals surface area contributed by atoms with Crippen molar-refractivity contribution in [2.24, 2.45) is 0 Å². The molecule has 0 bridgehead atoms. The number of aromatic amines is 1. The fourth-order valence-corrected chi connectivity index (χ4v) is 4.08. The van der Waals surface area contributed by atoms with Crippen LogP contribution in [0.15, 0.2) is 22.7 Å². The Morgan fingerprint density at radius 3 is 3.10 bits per heavy atom. The predicted octanol–water partition coefficient (Wildman–Crippen LogP) is 4.08. The van der Waals surface area contributed by atoms with Crippen LogP contribution in [-0.2, 0) is 11.2 Å². The molecule has 2 aliphatic rings. The van der Waals surface area contributed by atoms with Crippen LogP contribution in [0.5, 0.6) is 0 Å². The molecule has 1 aliphatic carbocycles. The van der Waals surface area contributed by atoms with E-state index in [4.69, 9.17) is 4.74 Å². The van der Waals surface area contributed by atoms with Crippen LogP contribution in [0.4, 0.5) is 0 Å². The van der Waals surface area contributed by atoms with Crippen molar-refractivity contribution in [1.29, 1.82) is 0 Å². The van der Waals surface area contributed by atoms with Crippen molar-refractivity contribution < 1.29 is 4.74 Å². The van der Waals surface area contributed by atoms with Crippen LogP contribution in [0.25, 0.3) is 10.9 Å². The number of H-pyrrole nitrogens is 1. The molecule has 3 nitrogen and oxygen atoms in total. The zero-order valence-electron chi connectivity index (χ0n) is 12.1. The van der Waals surface area contributed by atoms with E-state index in [9.17, 15) is 0 Å². The first-order valence-electron chi connectivity index (χ1n) is 7.96. The topological polar surface area (TPSA) is 37.0 Å². The molecule has 0 saturated carbocycles. The van der Waals surface area contributed by atoms with E-state index in [0.29, 0.717) is 12.1 Å². The first-order valence-corrected chi connectivity index (χ1v) is 8.75. The summed E-state index contributed by atoms with van der Waals surface area (Å²) in [7, 11) is 0. The van der Waals surface area contributed by atoms with Gasteiger partial charge in [-0.25, -0.2) is 0 Å². The van der Waals surface area contributed by atoms with Gasteiger partial charge in [-0.15, -0.1) is 0 Å². The summed E-state index contributed by atoms with van der Waals surface area (Å²) in [5.74, 6) is 0. The minimum absolute atomic E-state index is 0.411. The average Bonchev–Trinajstić information content (AvgIpc) is 3.12. The number of hydrogen-bond acceptors (Lipinski definition) is 2. The first kappa shape index (κ1) is 13.8. The van der Waals surface area contributed by atoms with Crippen LogP contribution >= 0.6 is 15.9 Å². The lowest BCUT2D eigenvalue weighted by Crippen LogP contribution is -2.32. The molecule has 1 aromatic carbocycles. The van der Waals surface area contributed by atoms with E-state index in [1.165, 1.54) is 54.3 Å². The smallest absolute Gasteiger partial charge is 0.0700 e. The standard InChI is InChI=1S/C17H21BrN2O/c18-11-6-7-15-14(9-11)13-4-1-5-16(17(13)20-15)19-10-12-3-2-8-21-12/h6-7,9,12,16,19-20H,1-5,8,10H2. The first-order chi connectivity index (χ1) is 10.3. The van der Waals surface area contributed by atoms with E-state index in [0.717, 1.165) is 17.6 Å². The number of aryl methyl sites for hydroxylation is 1. The van der Waals surface area contributed by atoms with Gasteiger partial charge in [-0.1, -0.05) is 15.9 Å². The van der Waals surface area contributed by atoms with Crippen molar-refractivity contribution in [3.05, 3.63) is 33.9 Å². The Hall–Kier alpha value is -0.840. The van der Waals surface area contributed by atoms with Crippen molar-refractivity contribution in [2.45, 2.75) is 44.2 Å². The maximum absolute atomic E-state index is 5.73. The Morgan fingerprint density at radius 1 is 1.29 bits per heavy atom. The number of nitrogens with one attached hydrogen (secondary N) is 2. The molecular formula is C17H21BrN2O. The highest BCUT2D eigenvalue weighted by Gasteiger charge is 2.25. The number of fused-ring (bicyclic) bond motifs is 3. The normalized spacial score (nSPS) is 25.4. The minimum atomic E-state index is 0.411. The van der Waals surface area contributed by atoms with Crippen LogP contribution in [0.2, 0.25) is 0 Å². The van der Waals surface area contributed by atoms with E-state index in [2.05, 4.69) is 44.4 Å². The van der Waals surface area contributed by atoms with Crippen LogP contribution in [0, 0.1) is 0 Å². The molecule has 0 spiro atoms. The Labute approximate surface area is 133 Å². The van der Waals surface area contributed by atoms with Gasteiger partial charge in [0, 0.05) is 40.3 Å². The Bertz CT molecular complexity index is 646. The lowest BCUT2D eigenvalue weighted by molar-refractivity contribution is 0.106. The monoisotopic (exact) mass is 348 g/mol. The maximum atomic E-state index is 5.73. The molecule has 1 fully saturated rings. The molecule has 2 aromatic rings. The van der Waals surface area contributed by atoms with Crippen molar-refractivity contribution in [3.8, 4) is 0 Å². The van der Waals surface area contributed by atoms with Gasteiger partial charge in [0.05, 0.1) is 6.10 Å². The summed E-state index contributed by atoms with van der Waals surface area (Å²) in [6.45, 7) is 1.91. The molecule has 2 N–H and O–H groups in total. The summed E-state index contributed by atoms with van der Waals surface area (Å²) in [5, 5.41) is 5.11. The summed E-state index contributed by atoms with van der Waals surface area (Å²) >= 11 is 3.59. The third kappa shape index (κ3) is 2.65. The van der Waals surface area contributed by atoms with Crippen molar-refractivity contribution >= 4 is 26.8 Å². The van der Waals surface area contributed by atoms with Gasteiger partial charge in [-0.2, -0.15) is 0 Å². The molecule has 2 atom stereocenters. The Balaban J connectivity index is 1.59. The van der Waals surface area contributed by atoms with E-state index in [1.807, 2.05) is 0 Å². The second kappa shape index (κ2) is 5.75. The fraction of sp³-hybridized carbons (Fsp3) is 0.529. The van der Waals surface area contributed by atoms with E-state index >= 15 is 0 Å². The molecule has 1 aromatic heterocycles. The lowest BCUT2D eigenvalue weighted by Gasteiger charge is -2.25. The summed E-state index contributed by atoms with van der Waals surface area (Å²) in [5.41, 5.74) is 4.16. The summed E-state index contributed by atoms with van der Waals surface area (Å²) in [6.07, 6.45) is 6.48. The summed E-state index contributed by atoms with van der Waals surface area (Å²) in [4.78, 5) is 3.64. The third-order valence-electron chi connectivity index (χ3n) is 4.79. The van der Waals surface area contributed by atoms with Gasteiger partial charge in [-0.05, 0) is 55.9 Å². The second-order valence-electron chi connectivity index (χ2n) is 6.20. The quantitative estimate of drug-likeness (QED) is 0.876. The fourth-order valence-electron chi connectivity index (χ4n) is 3.72. The molecule has 112 valence electrons. The molecular weight excluding hydrogens is 328 g/mol. The Kier molecular flexibility index (Phi) is 3.78. The van der Waals surface area contributed by atoms with Gasteiger partial charge >= 0.3 is 0 Å². The minimum Gasteiger partial charge on any atom is -0.377 e. The van der Waals surface area contributed by atoms with Crippen LogP contribution < -0.4 is 5.32 Å². The highest BCUT2D eigenvalue weighted by atomic mass is 79.9. The molecule has 1 saturated heterocycles. The molecule has 0 amide bonds. The molecule has 2 heterocycles. The zero-order valence-corrected chi connectivity index (χ0v) is 13.7. The molecule has 0 radical (unpaired) electrons. The number of aromatic nitrogens is 1. The highest BCUT2D eigenvalue weighted by molar-refractivity contribution is 9.10. The number of hydrogen-bond donors (Lipinski definition) is 2. The van der Waals surface area contributed by atoms with Gasteiger partial charge in [-0.3, -0.25) is 0 Å². The van der Waals surface area contributed by atoms with Crippen molar-refractivity contribution in [1.82, 2.24) is 10.3 Å². The van der Waals surface area contributed by atoms with Gasteiger partial charge < -0.3 is 15.0 Å². The van der Waals surface area contributed by atoms with E-state index in [1.54, 1.807) is 0 Å². The molecule has 2 unspecified atom stereocenters. The van der Waals surface area contributed by atoms with Gasteiger partial charge in [0.25, 0.3) is 0 Å². The molecule has 1 aliphatic heterocycles. The predicted molar refractivity (Wildman–Crippen MR) is 88.7 cm³/mol. The van der Waals surface area contributed by atoms with Crippen molar-refractivity contribution in [3.63, 3.8) is 0 Å². The number of ether oxygens (including phenoxy) is 1. The van der Waals surface area contributed by atoms with Crippen LogP contribution in [0.1, 0.15) is 43.0 Å². The lowest BCUT2D eigenvalue weighted by atomic mass is 9.91. The molecule has 4 heteroatoms. The number of rotatable bonds is 3. The van der Waals surface area contributed by atoms with E-state index in [-0.39, 0.29) is 0 Å². The van der Waals surface area contributed by atoms with Gasteiger partial charge in [0.15, 0.2) is 0 Å². The SMILES string of the molecule is Brc1ccc2[nH]c3c(c2c1)CCCC3NCC1CCCO1. The average molecular weight is 349 g/mol. The van der Waals surface area contributed by atoms with Crippen molar-refractivity contribution in [2.75, 3.05) is 13.2 Å². The summed E-state index contributed by atoms with van der Waals surface area (Å²) in [6, 6.07) is 6.98. The summed E-state index contributed by atoms with van der Waals surface area (Å²) < 4.78 is 6.89. The Morgan fingerprint density at radius 2 is 2.24 bits per heavy atom. The maximum Gasteiger partial charge on any atom is 0.0700 e. The number of halogens is 1. The van der Waals surface area contributed by atoms with Crippen LogP contribution in [-0.4, -0.2) is 24.2 Å². The highest BCUT2D eigenvalue weighted by Crippen LogP contribution is 2.35. The third-order valence-corrected chi connectivity index (χ3v) is 5.28.